The SMILES string of the molecule is Cc1cc(SCC(=O)O)cc(C)c1OCC(=O)O. The number of carboxylic acids is 2. The lowest BCUT2D eigenvalue weighted by molar-refractivity contribution is -0.139. The van der Waals surface area contributed by atoms with E-state index in [0.717, 1.165) is 16.0 Å². The van der Waals surface area contributed by atoms with E-state index in [-0.39, 0.29) is 12.4 Å². The number of hydrogen-bond donors (Lipinski definition) is 2. The van der Waals surface area contributed by atoms with Gasteiger partial charge in [-0.25, -0.2) is 4.79 Å². The highest BCUT2D eigenvalue weighted by Crippen LogP contribution is 2.29. The maximum atomic E-state index is 10.5. The van der Waals surface area contributed by atoms with Crippen LogP contribution in [0.4, 0.5) is 0 Å². The maximum absolute atomic E-state index is 10.5. The molecule has 0 bridgehead atoms. The van der Waals surface area contributed by atoms with E-state index >= 15 is 0 Å². The van der Waals surface area contributed by atoms with Crippen molar-refractivity contribution < 1.29 is 24.5 Å². The Kier molecular flexibility index (Phi) is 5.03. The molecule has 0 heterocycles. The lowest BCUT2D eigenvalue weighted by Crippen LogP contribution is -2.11. The van der Waals surface area contributed by atoms with Gasteiger partial charge in [-0.3, -0.25) is 4.79 Å². The van der Waals surface area contributed by atoms with Crippen LogP contribution in [0.3, 0.4) is 0 Å². The van der Waals surface area contributed by atoms with Crippen LogP contribution in [0.25, 0.3) is 0 Å². The number of aryl methyl sites for hydroxylation is 2. The molecule has 0 aliphatic carbocycles. The summed E-state index contributed by atoms with van der Waals surface area (Å²) < 4.78 is 5.18. The molecule has 98 valence electrons. The summed E-state index contributed by atoms with van der Waals surface area (Å²) in [5.74, 6) is -1.37. The highest BCUT2D eigenvalue weighted by atomic mass is 32.2. The lowest BCUT2D eigenvalue weighted by Gasteiger charge is -2.12. The normalized spacial score (nSPS) is 10.1. The van der Waals surface area contributed by atoms with E-state index < -0.39 is 11.9 Å². The largest absolute Gasteiger partial charge is 0.481 e. The van der Waals surface area contributed by atoms with Crippen LogP contribution < -0.4 is 4.74 Å². The molecule has 0 aliphatic heterocycles. The molecule has 0 unspecified atom stereocenters. The number of carboxylic acid groups (broad SMARTS) is 2. The third kappa shape index (κ3) is 4.29. The zero-order valence-corrected chi connectivity index (χ0v) is 10.9. The van der Waals surface area contributed by atoms with Crippen LogP contribution in [0.5, 0.6) is 5.75 Å². The fourth-order valence-electron chi connectivity index (χ4n) is 1.50. The summed E-state index contributed by atoms with van der Waals surface area (Å²) in [6.07, 6.45) is 0. The summed E-state index contributed by atoms with van der Waals surface area (Å²) in [5, 5.41) is 17.2. The van der Waals surface area contributed by atoms with Gasteiger partial charge in [0.05, 0.1) is 5.75 Å². The summed E-state index contributed by atoms with van der Waals surface area (Å²) in [5.41, 5.74) is 1.59. The van der Waals surface area contributed by atoms with E-state index in [1.54, 1.807) is 26.0 Å². The molecule has 0 spiro atoms. The zero-order valence-electron chi connectivity index (χ0n) is 10.1. The van der Waals surface area contributed by atoms with Gasteiger partial charge in [0.15, 0.2) is 6.61 Å². The van der Waals surface area contributed by atoms with E-state index in [1.807, 2.05) is 0 Å². The summed E-state index contributed by atoms with van der Waals surface area (Å²) in [7, 11) is 0. The second kappa shape index (κ2) is 6.30. The van der Waals surface area contributed by atoms with Gasteiger partial charge < -0.3 is 14.9 Å². The first-order valence-electron chi connectivity index (χ1n) is 5.20. The summed E-state index contributed by atoms with van der Waals surface area (Å²) in [6, 6.07) is 3.58. The number of ether oxygens (including phenoxy) is 1. The van der Waals surface area contributed by atoms with Crippen LogP contribution in [-0.4, -0.2) is 34.5 Å². The van der Waals surface area contributed by atoms with Crippen molar-refractivity contribution in [1.82, 2.24) is 0 Å². The van der Waals surface area contributed by atoms with Crippen LogP contribution in [0.2, 0.25) is 0 Å². The summed E-state index contributed by atoms with van der Waals surface area (Å²) in [6.45, 7) is 3.22. The van der Waals surface area contributed by atoms with Gasteiger partial charge in [0.1, 0.15) is 5.75 Å². The van der Waals surface area contributed by atoms with Gasteiger partial charge in [-0.05, 0) is 37.1 Å². The second-order valence-corrected chi connectivity index (χ2v) is 4.80. The summed E-state index contributed by atoms with van der Waals surface area (Å²) in [4.78, 5) is 21.8. The minimum atomic E-state index is -1.03. The number of rotatable bonds is 6. The van der Waals surface area contributed by atoms with Crippen molar-refractivity contribution in [3.63, 3.8) is 0 Å². The molecule has 1 aromatic rings. The average Bonchev–Trinajstić information content (AvgIpc) is 2.24. The first-order valence-corrected chi connectivity index (χ1v) is 6.19. The third-order valence-electron chi connectivity index (χ3n) is 2.14. The topological polar surface area (TPSA) is 83.8 Å². The van der Waals surface area contributed by atoms with Gasteiger partial charge in [0.25, 0.3) is 0 Å². The second-order valence-electron chi connectivity index (χ2n) is 3.75. The average molecular weight is 270 g/mol. The predicted octanol–water partition coefficient (Wildman–Crippen LogP) is 1.94. The number of carbonyl (C=O) groups is 2. The van der Waals surface area contributed by atoms with Crippen LogP contribution in [0.15, 0.2) is 17.0 Å². The molecule has 0 aliphatic rings. The van der Waals surface area contributed by atoms with Crippen LogP contribution in [0, 0.1) is 13.8 Å². The maximum Gasteiger partial charge on any atom is 0.341 e. The molecule has 0 saturated heterocycles. The van der Waals surface area contributed by atoms with Gasteiger partial charge in [0, 0.05) is 4.90 Å². The van der Waals surface area contributed by atoms with E-state index in [1.165, 1.54) is 11.8 Å². The highest BCUT2D eigenvalue weighted by Gasteiger charge is 2.09. The molecule has 5 nitrogen and oxygen atoms in total. The molecule has 18 heavy (non-hydrogen) atoms. The van der Waals surface area contributed by atoms with Crippen molar-refractivity contribution >= 4 is 23.7 Å². The number of hydrogen-bond acceptors (Lipinski definition) is 4. The van der Waals surface area contributed by atoms with Crippen molar-refractivity contribution in [2.45, 2.75) is 18.7 Å². The minimum absolute atomic E-state index is 0.00574. The molecule has 6 heteroatoms. The first kappa shape index (κ1) is 14.4. The van der Waals surface area contributed by atoms with Gasteiger partial charge in [-0.1, -0.05) is 0 Å². The molecule has 0 atom stereocenters. The van der Waals surface area contributed by atoms with Crippen molar-refractivity contribution in [2.24, 2.45) is 0 Å². The van der Waals surface area contributed by atoms with E-state index in [9.17, 15) is 9.59 Å². The minimum Gasteiger partial charge on any atom is -0.481 e. The van der Waals surface area contributed by atoms with Crippen LogP contribution in [-0.2, 0) is 9.59 Å². The van der Waals surface area contributed by atoms with Gasteiger partial charge in [-0.2, -0.15) is 0 Å². The summed E-state index contributed by atoms with van der Waals surface area (Å²) >= 11 is 1.22. The Morgan fingerprint density at radius 1 is 1.17 bits per heavy atom. The van der Waals surface area contributed by atoms with Gasteiger partial charge in [0.2, 0.25) is 0 Å². The van der Waals surface area contributed by atoms with Gasteiger partial charge >= 0.3 is 11.9 Å². The Balaban J connectivity index is 2.83. The number of benzene rings is 1. The molecule has 1 aromatic carbocycles. The Morgan fingerprint density at radius 3 is 2.17 bits per heavy atom. The Morgan fingerprint density at radius 2 is 1.72 bits per heavy atom. The number of thioether (sulfide) groups is 1. The molecule has 1 rings (SSSR count). The molecule has 0 fully saturated rings. The Hall–Kier alpha value is -1.69. The Labute approximate surface area is 109 Å². The van der Waals surface area contributed by atoms with E-state index in [0.29, 0.717) is 5.75 Å². The molecule has 0 aromatic heterocycles. The van der Waals surface area contributed by atoms with Gasteiger partial charge in [-0.15, -0.1) is 11.8 Å². The van der Waals surface area contributed by atoms with Crippen molar-refractivity contribution in [3.05, 3.63) is 23.3 Å². The molecule has 0 radical (unpaired) electrons. The number of aliphatic carboxylic acids is 2. The van der Waals surface area contributed by atoms with Crippen LogP contribution in [0.1, 0.15) is 11.1 Å². The van der Waals surface area contributed by atoms with Crippen molar-refractivity contribution in [2.75, 3.05) is 12.4 Å². The molecule has 0 saturated carbocycles. The van der Waals surface area contributed by atoms with Crippen molar-refractivity contribution in [1.29, 1.82) is 0 Å². The quantitative estimate of drug-likeness (QED) is 0.769. The highest BCUT2D eigenvalue weighted by molar-refractivity contribution is 8.00. The standard InChI is InChI=1S/C12H14O5S/c1-7-3-9(18-6-11(15)16)4-8(2)12(7)17-5-10(13)14/h3-4H,5-6H2,1-2H3,(H,13,14)(H,15,16). The monoisotopic (exact) mass is 270 g/mol. The molecular formula is C12H14O5S. The van der Waals surface area contributed by atoms with Crippen molar-refractivity contribution in [3.8, 4) is 5.75 Å². The van der Waals surface area contributed by atoms with Crippen LogP contribution >= 0.6 is 11.8 Å². The smallest absolute Gasteiger partial charge is 0.341 e. The fraction of sp³-hybridized carbons (Fsp3) is 0.333. The zero-order chi connectivity index (χ0) is 13.7. The van der Waals surface area contributed by atoms with E-state index in [4.69, 9.17) is 14.9 Å². The Bertz CT molecular complexity index is 447. The van der Waals surface area contributed by atoms with E-state index in [2.05, 4.69) is 0 Å². The molecule has 0 amide bonds. The fourth-order valence-corrected chi connectivity index (χ4v) is 2.31. The third-order valence-corrected chi connectivity index (χ3v) is 3.10. The first-order chi connectivity index (χ1) is 8.40. The predicted molar refractivity (Wildman–Crippen MR) is 67.4 cm³/mol. The lowest BCUT2D eigenvalue weighted by atomic mass is 10.1. The molecule has 2 N–H and O–H groups in total. The molecular weight excluding hydrogens is 256 g/mol.